The smallest absolute Gasteiger partial charge is 0.163 e. The minimum Gasteiger partial charge on any atom is -0.486 e. The van der Waals surface area contributed by atoms with Crippen molar-refractivity contribution in [2.45, 2.75) is 13.0 Å². The normalized spacial score (nSPS) is 13.9. The molecule has 0 amide bonds. The van der Waals surface area contributed by atoms with Crippen LogP contribution in [0, 0.1) is 6.92 Å². The number of aryl methyl sites for hydroxylation is 1. The van der Waals surface area contributed by atoms with Crippen molar-refractivity contribution in [1.29, 1.82) is 0 Å². The van der Waals surface area contributed by atoms with Gasteiger partial charge in [-0.15, -0.1) is 0 Å². The van der Waals surface area contributed by atoms with Crippen LogP contribution in [-0.4, -0.2) is 42.7 Å². The molecule has 0 spiro atoms. The third kappa shape index (κ3) is 2.62. The summed E-state index contributed by atoms with van der Waals surface area (Å²) in [5, 5.41) is 21.1. The van der Waals surface area contributed by atoms with E-state index in [9.17, 15) is 0 Å². The van der Waals surface area contributed by atoms with E-state index in [2.05, 4.69) is 5.32 Å². The summed E-state index contributed by atoms with van der Waals surface area (Å²) in [5.74, 6) is 1.43. The first-order valence-electron chi connectivity index (χ1n) is 5.63. The maximum Gasteiger partial charge on any atom is 0.163 e. The van der Waals surface area contributed by atoms with Crippen molar-refractivity contribution >= 4 is 5.69 Å². The van der Waals surface area contributed by atoms with Gasteiger partial charge >= 0.3 is 0 Å². The zero-order chi connectivity index (χ0) is 12.3. The average molecular weight is 239 g/mol. The monoisotopic (exact) mass is 239 g/mol. The summed E-state index contributed by atoms with van der Waals surface area (Å²) in [6.45, 7) is 2.80. The maximum atomic E-state index is 9.04. The summed E-state index contributed by atoms with van der Waals surface area (Å²) in [6.07, 6.45) is 0. The lowest BCUT2D eigenvalue weighted by Crippen LogP contribution is -2.28. The van der Waals surface area contributed by atoms with Gasteiger partial charge < -0.3 is 25.0 Å². The Hall–Kier alpha value is -1.46. The van der Waals surface area contributed by atoms with E-state index >= 15 is 0 Å². The molecule has 3 N–H and O–H groups in total. The number of hydrogen-bond acceptors (Lipinski definition) is 5. The Bertz CT molecular complexity index is 390. The summed E-state index contributed by atoms with van der Waals surface area (Å²) < 4.78 is 10.9. The molecule has 1 aromatic rings. The van der Waals surface area contributed by atoms with Crippen LogP contribution in [0.2, 0.25) is 0 Å². The predicted octanol–water partition coefficient (Wildman–Crippen LogP) is 0.531. The van der Waals surface area contributed by atoms with E-state index in [0.717, 1.165) is 17.0 Å². The zero-order valence-corrected chi connectivity index (χ0v) is 9.77. The first kappa shape index (κ1) is 12.0. The average Bonchev–Trinajstić information content (AvgIpc) is 2.36. The van der Waals surface area contributed by atoms with Crippen LogP contribution in [0.15, 0.2) is 12.1 Å². The van der Waals surface area contributed by atoms with Gasteiger partial charge in [-0.1, -0.05) is 0 Å². The number of aliphatic hydroxyl groups excluding tert-OH is 2. The Labute approximate surface area is 100.0 Å². The van der Waals surface area contributed by atoms with E-state index in [4.69, 9.17) is 19.7 Å². The molecule has 5 nitrogen and oxygen atoms in total. The second-order valence-electron chi connectivity index (χ2n) is 4.02. The fraction of sp³-hybridized carbons (Fsp3) is 0.500. The third-order valence-corrected chi connectivity index (χ3v) is 2.69. The molecule has 0 aliphatic carbocycles. The first-order valence-corrected chi connectivity index (χ1v) is 5.63. The predicted molar refractivity (Wildman–Crippen MR) is 63.8 cm³/mol. The molecular formula is C12H17NO4. The topological polar surface area (TPSA) is 71.0 Å². The van der Waals surface area contributed by atoms with E-state index in [1.807, 2.05) is 19.1 Å². The highest BCUT2D eigenvalue weighted by Gasteiger charge is 2.15. The van der Waals surface area contributed by atoms with Gasteiger partial charge in [0.1, 0.15) is 13.2 Å². The number of nitrogens with one attached hydrogen (secondary N) is 1. The molecule has 0 saturated carbocycles. The van der Waals surface area contributed by atoms with Crippen molar-refractivity contribution in [3.63, 3.8) is 0 Å². The lowest BCUT2D eigenvalue weighted by Gasteiger charge is -2.22. The number of anilines is 1. The summed E-state index contributed by atoms with van der Waals surface area (Å²) in [4.78, 5) is 0. The first-order chi connectivity index (χ1) is 8.24. The molecule has 0 saturated heterocycles. The van der Waals surface area contributed by atoms with Crippen LogP contribution in [0.1, 0.15) is 5.56 Å². The molecule has 0 atom stereocenters. The van der Waals surface area contributed by atoms with Crippen molar-refractivity contribution in [3.8, 4) is 11.5 Å². The minimum absolute atomic E-state index is 0.121. The third-order valence-electron chi connectivity index (χ3n) is 2.69. The van der Waals surface area contributed by atoms with Crippen LogP contribution < -0.4 is 14.8 Å². The standard InChI is InChI=1S/C12H17NO4/c1-8-4-11-12(17-3-2-16-11)5-10(8)13-9(6-14)7-15/h4-5,9,13-15H,2-3,6-7H2,1H3. The van der Waals surface area contributed by atoms with Gasteiger partial charge in [0.15, 0.2) is 11.5 Å². The van der Waals surface area contributed by atoms with E-state index in [1.165, 1.54) is 0 Å². The van der Waals surface area contributed by atoms with Crippen molar-refractivity contribution in [2.24, 2.45) is 0 Å². The van der Waals surface area contributed by atoms with Crippen molar-refractivity contribution in [1.82, 2.24) is 0 Å². The van der Waals surface area contributed by atoms with Crippen LogP contribution in [0.25, 0.3) is 0 Å². The van der Waals surface area contributed by atoms with Gasteiger partial charge in [0.2, 0.25) is 0 Å². The van der Waals surface area contributed by atoms with Gasteiger partial charge in [-0.05, 0) is 18.6 Å². The van der Waals surface area contributed by atoms with Gasteiger partial charge in [0, 0.05) is 11.8 Å². The minimum atomic E-state index is -0.365. The Balaban J connectivity index is 2.22. The van der Waals surface area contributed by atoms with Crippen molar-refractivity contribution < 1.29 is 19.7 Å². The largest absolute Gasteiger partial charge is 0.486 e. The van der Waals surface area contributed by atoms with E-state index < -0.39 is 0 Å². The van der Waals surface area contributed by atoms with Crippen LogP contribution in [0.4, 0.5) is 5.69 Å². The molecule has 1 aromatic carbocycles. The van der Waals surface area contributed by atoms with Crippen LogP contribution in [-0.2, 0) is 0 Å². The molecule has 0 unspecified atom stereocenters. The van der Waals surface area contributed by atoms with Crippen molar-refractivity contribution in [2.75, 3.05) is 31.7 Å². The molecule has 0 radical (unpaired) electrons. The Morgan fingerprint density at radius 1 is 1.18 bits per heavy atom. The van der Waals surface area contributed by atoms with Crippen LogP contribution in [0.5, 0.6) is 11.5 Å². The van der Waals surface area contributed by atoms with E-state index in [0.29, 0.717) is 19.0 Å². The SMILES string of the molecule is Cc1cc2c(cc1NC(CO)CO)OCCO2. The molecule has 0 aromatic heterocycles. The van der Waals surface area contributed by atoms with Gasteiger partial charge in [-0.2, -0.15) is 0 Å². The van der Waals surface area contributed by atoms with Crippen LogP contribution in [0.3, 0.4) is 0 Å². The second kappa shape index (κ2) is 5.25. The zero-order valence-electron chi connectivity index (χ0n) is 9.77. The van der Waals surface area contributed by atoms with E-state index in [-0.39, 0.29) is 19.3 Å². The molecule has 1 aliphatic heterocycles. The number of aliphatic hydroxyl groups is 2. The molecule has 5 heteroatoms. The highest BCUT2D eigenvalue weighted by molar-refractivity contribution is 5.60. The van der Waals surface area contributed by atoms with E-state index in [1.54, 1.807) is 0 Å². The Morgan fingerprint density at radius 2 is 1.76 bits per heavy atom. The molecule has 1 heterocycles. The summed E-state index contributed by atoms with van der Waals surface area (Å²) in [7, 11) is 0. The number of hydrogen-bond donors (Lipinski definition) is 3. The maximum absolute atomic E-state index is 9.04. The lowest BCUT2D eigenvalue weighted by atomic mass is 10.1. The second-order valence-corrected chi connectivity index (χ2v) is 4.02. The Morgan fingerprint density at radius 3 is 2.35 bits per heavy atom. The van der Waals surface area contributed by atoms with Gasteiger partial charge in [-0.3, -0.25) is 0 Å². The van der Waals surface area contributed by atoms with Crippen LogP contribution >= 0.6 is 0 Å². The number of fused-ring (bicyclic) bond motifs is 1. The highest BCUT2D eigenvalue weighted by atomic mass is 16.6. The Kier molecular flexibility index (Phi) is 3.71. The fourth-order valence-electron chi connectivity index (χ4n) is 1.71. The molecule has 0 bridgehead atoms. The summed E-state index contributed by atoms with van der Waals surface area (Å²) in [5.41, 5.74) is 1.82. The lowest BCUT2D eigenvalue weighted by molar-refractivity contribution is 0.171. The molecule has 1 aliphatic rings. The molecular weight excluding hydrogens is 222 g/mol. The molecule has 17 heavy (non-hydrogen) atoms. The number of benzene rings is 1. The molecule has 2 rings (SSSR count). The van der Waals surface area contributed by atoms with Crippen molar-refractivity contribution in [3.05, 3.63) is 17.7 Å². The summed E-state index contributed by atoms with van der Waals surface area (Å²) in [6, 6.07) is 3.36. The van der Waals surface area contributed by atoms with Gasteiger partial charge in [0.25, 0.3) is 0 Å². The quantitative estimate of drug-likeness (QED) is 0.715. The van der Waals surface area contributed by atoms with Gasteiger partial charge in [-0.25, -0.2) is 0 Å². The molecule has 0 fully saturated rings. The van der Waals surface area contributed by atoms with Gasteiger partial charge in [0.05, 0.1) is 19.3 Å². The fourth-order valence-corrected chi connectivity index (χ4v) is 1.71. The number of rotatable bonds is 4. The number of ether oxygens (including phenoxy) is 2. The summed E-state index contributed by atoms with van der Waals surface area (Å²) >= 11 is 0. The molecule has 94 valence electrons. The highest BCUT2D eigenvalue weighted by Crippen LogP contribution is 2.35.